The standard InChI is InChI=1S/C10H11F3S/c1-7-2-3-8(4-5-14)6-9(7)10(11,12)13/h2-3,6,14H,4-5H2,1H3. The van der Waals surface area contributed by atoms with Crippen LogP contribution in [0.4, 0.5) is 13.2 Å². The molecule has 1 aromatic carbocycles. The Bertz CT molecular complexity index is 318. The summed E-state index contributed by atoms with van der Waals surface area (Å²) in [6, 6.07) is 4.41. The van der Waals surface area contributed by atoms with Gasteiger partial charge in [-0.3, -0.25) is 0 Å². The number of aryl methyl sites for hydroxylation is 2. The molecule has 0 N–H and O–H groups in total. The Balaban J connectivity index is 3.09. The van der Waals surface area contributed by atoms with Crippen molar-refractivity contribution < 1.29 is 13.2 Å². The third-order valence-corrected chi connectivity index (χ3v) is 2.23. The number of thiol groups is 1. The van der Waals surface area contributed by atoms with E-state index in [0.29, 0.717) is 17.7 Å². The van der Waals surface area contributed by atoms with Gasteiger partial charge in [-0.25, -0.2) is 0 Å². The molecule has 0 unspecified atom stereocenters. The quantitative estimate of drug-likeness (QED) is 0.725. The highest BCUT2D eigenvalue weighted by molar-refractivity contribution is 7.80. The van der Waals surface area contributed by atoms with E-state index < -0.39 is 11.7 Å². The zero-order valence-corrected chi connectivity index (χ0v) is 8.62. The van der Waals surface area contributed by atoms with Gasteiger partial charge in [-0.05, 0) is 36.3 Å². The highest BCUT2D eigenvalue weighted by Crippen LogP contribution is 2.32. The van der Waals surface area contributed by atoms with Crippen LogP contribution in [0.3, 0.4) is 0 Å². The van der Waals surface area contributed by atoms with Crippen LogP contribution in [0.15, 0.2) is 18.2 Å². The molecule has 0 atom stereocenters. The molecular weight excluding hydrogens is 209 g/mol. The van der Waals surface area contributed by atoms with Crippen LogP contribution in [0.25, 0.3) is 0 Å². The fraction of sp³-hybridized carbons (Fsp3) is 0.400. The number of alkyl halides is 3. The van der Waals surface area contributed by atoms with Crippen LogP contribution in [-0.2, 0) is 12.6 Å². The average Bonchev–Trinajstić information content (AvgIpc) is 2.07. The van der Waals surface area contributed by atoms with Crippen molar-refractivity contribution in [1.82, 2.24) is 0 Å². The van der Waals surface area contributed by atoms with E-state index in [-0.39, 0.29) is 5.56 Å². The van der Waals surface area contributed by atoms with Gasteiger partial charge in [0.25, 0.3) is 0 Å². The van der Waals surface area contributed by atoms with Gasteiger partial charge in [0.1, 0.15) is 0 Å². The van der Waals surface area contributed by atoms with Gasteiger partial charge in [-0.15, -0.1) is 0 Å². The van der Waals surface area contributed by atoms with E-state index in [1.807, 2.05) is 0 Å². The minimum Gasteiger partial charge on any atom is -0.179 e. The highest BCUT2D eigenvalue weighted by atomic mass is 32.1. The second-order valence-corrected chi connectivity index (χ2v) is 3.57. The van der Waals surface area contributed by atoms with Crippen LogP contribution in [0, 0.1) is 6.92 Å². The zero-order chi connectivity index (χ0) is 10.8. The Morgan fingerprint density at radius 2 is 1.93 bits per heavy atom. The van der Waals surface area contributed by atoms with Gasteiger partial charge < -0.3 is 0 Å². The van der Waals surface area contributed by atoms with Crippen molar-refractivity contribution in [1.29, 1.82) is 0 Å². The van der Waals surface area contributed by atoms with Crippen LogP contribution in [0.1, 0.15) is 16.7 Å². The summed E-state index contributed by atoms with van der Waals surface area (Å²) in [5.41, 5.74) is 0.398. The fourth-order valence-corrected chi connectivity index (χ4v) is 1.52. The maximum absolute atomic E-state index is 12.4. The van der Waals surface area contributed by atoms with Crippen molar-refractivity contribution in [3.63, 3.8) is 0 Å². The van der Waals surface area contributed by atoms with Crippen molar-refractivity contribution in [2.24, 2.45) is 0 Å². The second kappa shape index (κ2) is 4.26. The molecule has 0 heterocycles. The molecule has 0 radical (unpaired) electrons. The van der Waals surface area contributed by atoms with Crippen molar-refractivity contribution in [2.45, 2.75) is 19.5 Å². The molecule has 0 saturated carbocycles. The highest BCUT2D eigenvalue weighted by Gasteiger charge is 2.32. The van der Waals surface area contributed by atoms with Crippen LogP contribution >= 0.6 is 12.6 Å². The first kappa shape index (κ1) is 11.4. The van der Waals surface area contributed by atoms with Gasteiger partial charge in [-0.1, -0.05) is 12.1 Å². The molecule has 0 saturated heterocycles. The Kier molecular flexibility index (Phi) is 3.48. The van der Waals surface area contributed by atoms with Gasteiger partial charge in [0.2, 0.25) is 0 Å². The predicted octanol–water partition coefficient (Wildman–Crippen LogP) is 3.49. The molecule has 1 rings (SSSR count). The lowest BCUT2D eigenvalue weighted by molar-refractivity contribution is -0.138. The molecule has 0 aliphatic rings. The monoisotopic (exact) mass is 220 g/mol. The number of halogens is 3. The number of hydrogen-bond acceptors (Lipinski definition) is 1. The summed E-state index contributed by atoms with van der Waals surface area (Å²) in [4.78, 5) is 0. The van der Waals surface area contributed by atoms with Gasteiger partial charge in [0.15, 0.2) is 0 Å². The van der Waals surface area contributed by atoms with Crippen LogP contribution < -0.4 is 0 Å². The van der Waals surface area contributed by atoms with Crippen LogP contribution in [0.2, 0.25) is 0 Å². The average molecular weight is 220 g/mol. The van der Waals surface area contributed by atoms with Crippen LogP contribution in [0.5, 0.6) is 0 Å². The first-order valence-electron chi connectivity index (χ1n) is 4.22. The third kappa shape index (κ3) is 2.67. The molecule has 4 heteroatoms. The number of benzene rings is 1. The largest absolute Gasteiger partial charge is 0.416 e. The smallest absolute Gasteiger partial charge is 0.179 e. The van der Waals surface area contributed by atoms with Gasteiger partial charge >= 0.3 is 6.18 Å². The summed E-state index contributed by atoms with van der Waals surface area (Å²) in [5, 5.41) is 0. The van der Waals surface area contributed by atoms with E-state index in [0.717, 1.165) is 0 Å². The molecule has 0 amide bonds. The molecule has 0 fully saturated rings. The molecule has 14 heavy (non-hydrogen) atoms. The molecule has 0 aliphatic heterocycles. The number of rotatable bonds is 2. The fourth-order valence-electron chi connectivity index (χ4n) is 1.26. The second-order valence-electron chi connectivity index (χ2n) is 3.12. The third-order valence-electron chi connectivity index (χ3n) is 2.01. The molecule has 0 aliphatic carbocycles. The summed E-state index contributed by atoms with van der Waals surface area (Å²) < 4.78 is 37.3. The molecular formula is C10H11F3S. The summed E-state index contributed by atoms with van der Waals surface area (Å²) >= 11 is 3.98. The summed E-state index contributed by atoms with van der Waals surface area (Å²) in [6.45, 7) is 1.47. The maximum atomic E-state index is 12.4. The maximum Gasteiger partial charge on any atom is 0.416 e. The molecule has 1 aromatic rings. The van der Waals surface area contributed by atoms with E-state index in [2.05, 4.69) is 12.6 Å². The normalized spacial score (nSPS) is 11.8. The lowest BCUT2D eigenvalue weighted by Gasteiger charge is -2.11. The molecule has 0 spiro atoms. The predicted molar refractivity (Wildman–Crippen MR) is 53.7 cm³/mol. The lowest BCUT2D eigenvalue weighted by atomic mass is 10.0. The van der Waals surface area contributed by atoms with Crippen molar-refractivity contribution in [2.75, 3.05) is 5.75 Å². The SMILES string of the molecule is Cc1ccc(CCS)cc1C(F)(F)F. The Morgan fingerprint density at radius 1 is 1.29 bits per heavy atom. The lowest BCUT2D eigenvalue weighted by Crippen LogP contribution is -2.08. The Morgan fingerprint density at radius 3 is 2.43 bits per heavy atom. The Labute approximate surface area is 86.5 Å². The van der Waals surface area contributed by atoms with E-state index >= 15 is 0 Å². The van der Waals surface area contributed by atoms with E-state index in [1.165, 1.54) is 19.1 Å². The van der Waals surface area contributed by atoms with E-state index in [9.17, 15) is 13.2 Å². The van der Waals surface area contributed by atoms with Gasteiger partial charge in [0, 0.05) is 0 Å². The number of hydrogen-bond donors (Lipinski definition) is 1. The van der Waals surface area contributed by atoms with E-state index in [1.54, 1.807) is 6.07 Å². The van der Waals surface area contributed by atoms with E-state index in [4.69, 9.17) is 0 Å². The van der Waals surface area contributed by atoms with Crippen molar-refractivity contribution >= 4 is 12.6 Å². The summed E-state index contributed by atoms with van der Waals surface area (Å²) in [6.07, 6.45) is -3.69. The van der Waals surface area contributed by atoms with Gasteiger partial charge in [-0.2, -0.15) is 25.8 Å². The molecule has 0 aromatic heterocycles. The van der Waals surface area contributed by atoms with Crippen LogP contribution in [-0.4, -0.2) is 5.75 Å². The minimum atomic E-state index is -4.25. The first-order chi connectivity index (χ1) is 6.45. The topological polar surface area (TPSA) is 0 Å². The van der Waals surface area contributed by atoms with Crippen molar-refractivity contribution in [3.05, 3.63) is 34.9 Å². The van der Waals surface area contributed by atoms with Gasteiger partial charge in [0.05, 0.1) is 5.56 Å². The molecule has 0 nitrogen and oxygen atoms in total. The first-order valence-corrected chi connectivity index (χ1v) is 4.86. The molecule has 0 bridgehead atoms. The zero-order valence-electron chi connectivity index (χ0n) is 7.73. The van der Waals surface area contributed by atoms with Crippen molar-refractivity contribution in [3.8, 4) is 0 Å². The summed E-state index contributed by atoms with van der Waals surface area (Å²) in [7, 11) is 0. The Hall–Kier alpha value is -0.640. The minimum absolute atomic E-state index is 0.264. The molecule has 78 valence electrons. The summed E-state index contributed by atoms with van der Waals surface area (Å²) in [5.74, 6) is 0.556.